The fourth-order valence-electron chi connectivity index (χ4n) is 5.14. The van der Waals surface area contributed by atoms with E-state index in [1.807, 2.05) is 4.90 Å². The van der Waals surface area contributed by atoms with Gasteiger partial charge in [0.2, 0.25) is 0 Å². The van der Waals surface area contributed by atoms with Gasteiger partial charge in [-0.15, -0.1) is 0 Å². The van der Waals surface area contributed by atoms with Gasteiger partial charge in [0.1, 0.15) is 5.69 Å². The maximum atomic E-state index is 13.0. The van der Waals surface area contributed by atoms with E-state index in [1.165, 1.54) is 55.6 Å². The van der Waals surface area contributed by atoms with Gasteiger partial charge < -0.3 is 20.1 Å². The van der Waals surface area contributed by atoms with Gasteiger partial charge in [-0.05, 0) is 66.4 Å². The minimum Gasteiger partial charge on any atom is -0.394 e. The molecule has 4 rings (SSSR count). The summed E-state index contributed by atoms with van der Waals surface area (Å²) >= 11 is 0. The number of hydrogen-bond acceptors (Lipinski definition) is 7. The number of nitrogens with zero attached hydrogens (tertiary/aromatic N) is 2. The Labute approximate surface area is 251 Å². The van der Waals surface area contributed by atoms with Crippen molar-refractivity contribution < 1.29 is 45.0 Å². The van der Waals surface area contributed by atoms with Gasteiger partial charge in [-0.2, -0.15) is 22.0 Å². The van der Waals surface area contributed by atoms with Crippen molar-refractivity contribution in [2.24, 2.45) is 0 Å². The topological polar surface area (TPSA) is 109 Å². The third-order valence-electron chi connectivity index (χ3n) is 7.64. The number of aliphatic hydroxyl groups is 1. The number of rotatable bonds is 11. The quantitative estimate of drug-likeness (QED) is 0.272. The van der Waals surface area contributed by atoms with Crippen LogP contribution in [0.1, 0.15) is 58.9 Å². The molecule has 0 saturated carbocycles. The Balaban J connectivity index is 1.49. The molecular weight excluding hydrogens is 609 g/mol. The van der Waals surface area contributed by atoms with Gasteiger partial charge in [-0.1, -0.05) is 25.1 Å². The minimum absolute atomic E-state index is 0.0627. The second kappa shape index (κ2) is 14.0. The maximum Gasteiger partial charge on any atom is 0.433 e. The van der Waals surface area contributed by atoms with E-state index in [1.54, 1.807) is 12.1 Å². The highest BCUT2D eigenvalue weighted by Gasteiger charge is 2.34. The molecule has 1 amide bonds. The van der Waals surface area contributed by atoms with E-state index < -0.39 is 52.9 Å². The summed E-state index contributed by atoms with van der Waals surface area (Å²) in [5.41, 5.74) is 0.934. The molecule has 0 radical (unpaired) electrons. The minimum atomic E-state index is -4.57. The van der Waals surface area contributed by atoms with E-state index >= 15 is 0 Å². The summed E-state index contributed by atoms with van der Waals surface area (Å²) in [5.74, 6) is -0.794. The van der Waals surface area contributed by atoms with Crippen LogP contribution in [0.4, 0.5) is 27.6 Å². The molecular formula is C30H32F5N3O5S. The summed E-state index contributed by atoms with van der Waals surface area (Å²) in [6.07, 6.45) is -2.43. The fraction of sp³-hybridized carbons (Fsp3) is 0.400. The van der Waals surface area contributed by atoms with E-state index in [0.717, 1.165) is 6.07 Å². The monoisotopic (exact) mass is 641 g/mol. The lowest BCUT2D eigenvalue weighted by Gasteiger charge is -2.41. The van der Waals surface area contributed by atoms with Crippen LogP contribution in [0.25, 0.3) is 0 Å². The molecule has 1 saturated heterocycles. The van der Waals surface area contributed by atoms with Gasteiger partial charge >= 0.3 is 12.8 Å². The van der Waals surface area contributed by atoms with Crippen LogP contribution in [0.5, 0.6) is 0 Å². The number of benzene rings is 2. The Morgan fingerprint density at radius 2 is 1.75 bits per heavy atom. The van der Waals surface area contributed by atoms with E-state index in [-0.39, 0.29) is 28.7 Å². The maximum absolute atomic E-state index is 13.0. The van der Waals surface area contributed by atoms with Crippen LogP contribution in [0, 0.1) is 0 Å². The summed E-state index contributed by atoms with van der Waals surface area (Å²) in [4.78, 5) is 18.5. The zero-order chi connectivity index (χ0) is 32.1. The highest BCUT2D eigenvalue weighted by Crippen LogP contribution is 2.35. The molecule has 1 aliphatic rings. The summed E-state index contributed by atoms with van der Waals surface area (Å²) in [6, 6.07) is 13.2. The van der Waals surface area contributed by atoms with Crippen molar-refractivity contribution in [3.8, 4) is 0 Å². The zero-order valence-corrected chi connectivity index (χ0v) is 24.5. The first-order chi connectivity index (χ1) is 20.8. The number of aliphatic hydroxyl groups excluding tert-OH is 1. The summed E-state index contributed by atoms with van der Waals surface area (Å²) in [7, 11) is -3.41. The highest BCUT2D eigenvalue weighted by molar-refractivity contribution is 7.91. The number of halogens is 5. The Bertz CT molecular complexity index is 1500. The number of ether oxygens (including phenoxy) is 1. The molecule has 1 aromatic heterocycles. The zero-order valence-electron chi connectivity index (χ0n) is 23.7. The van der Waals surface area contributed by atoms with Crippen LogP contribution in [0.3, 0.4) is 0 Å². The number of aromatic nitrogens is 1. The lowest BCUT2D eigenvalue weighted by Crippen LogP contribution is -2.45. The van der Waals surface area contributed by atoms with E-state index in [9.17, 15) is 40.3 Å². The molecule has 0 spiro atoms. The molecule has 3 atom stereocenters. The van der Waals surface area contributed by atoms with Crippen LogP contribution in [-0.4, -0.2) is 62.6 Å². The smallest absolute Gasteiger partial charge is 0.394 e. The molecule has 44 heavy (non-hydrogen) atoms. The molecule has 8 nitrogen and oxygen atoms in total. The first kappa shape index (κ1) is 33.3. The van der Waals surface area contributed by atoms with Gasteiger partial charge in [0.25, 0.3) is 5.91 Å². The van der Waals surface area contributed by atoms with Gasteiger partial charge in [-0.3, -0.25) is 9.78 Å². The molecule has 14 heteroatoms. The predicted molar refractivity (Wildman–Crippen MR) is 152 cm³/mol. The van der Waals surface area contributed by atoms with Crippen molar-refractivity contribution in [3.63, 3.8) is 0 Å². The number of hydrogen-bond donors (Lipinski definition) is 2. The average Bonchev–Trinajstić information content (AvgIpc) is 3.02. The molecule has 1 fully saturated rings. The van der Waals surface area contributed by atoms with Crippen LogP contribution in [-0.2, 0) is 20.8 Å². The SMILES string of the molecule is CCS(=O)(=O)c1ccc([C@H](CO)NC(=O)c2ccc(N3C[C@H](c4ccc(C(F)(F)F)nc4)CCC3COC(F)F)cc2)cc1. The number of amides is 1. The van der Waals surface area contributed by atoms with Gasteiger partial charge in [-0.25, -0.2) is 8.42 Å². The Kier molecular flexibility index (Phi) is 10.6. The number of sulfone groups is 1. The molecule has 2 heterocycles. The number of nitrogens with one attached hydrogen (secondary N) is 1. The standard InChI is InChI=1S/C30H32F5N3O5S/c1-2-44(41,42)25-12-6-19(7-13-25)26(17-39)37-28(40)20-3-9-23(10-4-20)38-16-22(5-11-24(38)18-43-29(31)32)21-8-14-27(36-15-21)30(33,34)35/h3-4,6-10,12-15,22,24,26,29,39H,2,5,11,16-18H2,1H3,(H,37,40)/t22-,24?,26+/m1/s1. The van der Waals surface area contributed by atoms with E-state index in [0.29, 0.717) is 36.2 Å². The van der Waals surface area contributed by atoms with Crippen molar-refractivity contribution in [2.75, 3.05) is 30.4 Å². The molecule has 3 aromatic rings. The molecule has 238 valence electrons. The second-order valence-corrected chi connectivity index (χ2v) is 12.7. The van der Waals surface area contributed by atoms with Gasteiger partial charge in [0, 0.05) is 29.9 Å². The van der Waals surface area contributed by atoms with Gasteiger partial charge in [0.15, 0.2) is 9.84 Å². The normalized spacial score (nSPS) is 18.3. The van der Waals surface area contributed by atoms with Crippen molar-refractivity contribution >= 4 is 21.4 Å². The van der Waals surface area contributed by atoms with Crippen LogP contribution in [0.15, 0.2) is 71.8 Å². The number of piperidine rings is 1. The van der Waals surface area contributed by atoms with Crippen LogP contribution in [0.2, 0.25) is 0 Å². The lowest BCUT2D eigenvalue weighted by atomic mass is 9.87. The van der Waals surface area contributed by atoms with Crippen molar-refractivity contribution in [1.82, 2.24) is 10.3 Å². The summed E-state index contributed by atoms with van der Waals surface area (Å²) < 4.78 is 93.4. The van der Waals surface area contributed by atoms with Crippen LogP contribution >= 0.6 is 0 Å². The van der Waals surface area contributed by atoms with E-state index in [4.69, 9.17) is 0 Å². The molecule has 1 unspecified atom stereocenters. The third kappa shape index (κ3) is 8.10. The number of pyridine rings is 1. The van der Waals surface area contributed by atoms with Crippen molar-refractivity contribution in [3.05, 3.63) is 89.2 Å². The summed E-state index contributed by atoms with van der Waals surface area (Å²) in [5, 5.41) is 12.6. The van der Waals surface area contributed by atoms with Crippen LogP contribution < -0.4 is 10.2 Å². The molecule has 2 aromatic carbocycles. The molecule has 0 bridgehead atoms. The Morgan fingerprint density at radius 3 is 2.30 bits per heavy atom. The number of alkyl halides is 5. The Morgan fingerprint density at radius 1 is 1.07 bits per heavy atom. The Hall–Kier alpha value is -3.62. The number of carbonyl (C=O) groups is 1. The first-order valence-electron chi connectivity index (χ1n) is 13.9. The van der Waals surface area contributed by atoms with Crippen molar-refractivity contribution in [1.29, 1.82) is 0 Å². The lowest BCUT2D eigenvalue weighted by molar-refractivity contribution is -0.141. The summed E-state index contributed by atoms with van der Waals surface area (Å²) in [6.45, 7) is -1.85. The molecule has 2 N–H and O–H groups in total. The average molecular weight is 642 g/mol. The second-order valence-electron chi connectivity index (χ2n) is 10.4. The highest BCUT2D eigenvalue weighted by atomic mass is 32.2. The number of anilines is 1. The first-order valence-corrected chi connectivity index (χ1v) is 15.5. The van der Waals surface area contributed by atoms with E-state index in [2.05, 4.69) is 15.0 Å². The largest absolute Gasteiger partial charge is 0.433 e. The third-order valence-corrected chi connectivity index (χ3v) is 9.39. The van der Waals surface area contributed by atoms with Crippen molar-refractivity contribution in [2.45, 2.75) is 55.5 Å². The fourth-order valence-corrected chi connectivity index (χ4v) is 6.03. The molecule has 1 aliphatic heterocycles. The molecule has 0 aliphatic carbocycles. The predicted octanol–water partition coefficient (Wildman–Crippen LogP) is 5.35. The number of carbonyl (C=O) groups excluding carboxylic acids is 1. The van der Waals surface area contributed by atoms with Gasteiger partial charge in [0.05, 0.1) is 35.9 Å².